The summed E-state index contributed by atoms with van der Waals surface area (Å²) in [5.74, 6) is -1.74. The summed E-state index contributed by atoms with van der Waals surface area (Å²) in [6.07, 6.45) is 0.169. The minimum absolute atomic E-state index is 0.0845. The molecule has 1 saturated heterocycles. The first-order chi connectivity index (χ1) is 7.38. The zero-order valence-corrected chi connectivity index (χ0v) is 9.61. The molecule has 0 aliphatic carbocycles. The number of amides is 2. The molecule has 1 aliphatic rings. The molecule has 0 saturated carbocycles. The molecule has 1 rings (SSSR count). The molecule has 6 nitrogen and oxygen atoms in total. The van der Waals surface area contributed by atoms with E-state index in [1.807, 2.05) is 0 Å². The van der Waals surface area contributed by atoms with Crippen LogP contribution in [-0.2, 0) is 24.0 Å². The van der Waals surface area contributed by atoms with Crippen LogP contribution in [-0.4, -0.2) is 35.1 Å². The van der Waals surface area contributed by atoms with Crippen molar-refractivity contribution < 1.29 is 24.0 Å². The predicted molar refractivity (Wildman–Crippen MR) is 52.9 cm³/mol. The van der Waals surface area contributed by atoms with Crippen LogP contribution in [0.25, 0.3) is 0 Å². The van der Waals surface area contributed by atoms with Gasteiger partial charge < -0.3 is 9.57 Å². The molecule has 1 heterocycles. The summed E-state index contributed by atoms with van der Waals surface area (Å²) in [6.45, 7) is 5.11. The fourth-order valence-electron chi connectivity index (χ4n) is 1.27. The summed E-state index contributed by atoms with van der Waals surface area (Å²) in [7, 11) is 0. The average molecular weight is 229 g/mol. The summed E-state index contributed by atoms with van der Waals surface area (Å²) in [5.41, 5.74) is -1.17. The molecular formula is C10H15NO5. The minimum atomic E-state index is -1.17. The lowest BCUT2D eigenvalue weighted by Gasteiger charge is -2.24. The van der Waals surface area contributed by atoms with Gasteiger partial charge in [0.1, 0.15) is 0 Å². The largest absolute Gasteiger partial charge is 0.364 e. The maximum Gasteiger partial charge on any atom is 0.364 e. The van der Waals surface area contributed by atoms with Crippen molar-refractivity contribution in [1.82, 2.24) is 5.06 Å². The summed E-state index contributed by atoms with van der Waals surface area (Å²) >= 11 is 0. The van der Waals surface area contributed by atoms with Crippen LogP contribution in [0.15, 0.2) is 0 Å². The van der Waals surface area contributed by atoms with Crippen molar-refractivity contribution >= 4 is 17.8 Å². The van der Waals surface area contributed by atoms with E-state index in [2.05, 4.69) is 0 Å². The van der Waals surface area contributed by atoms with E-state index < -0.39 is 23.4 Å². The van der Waals surface area contributed by atoms with Gasteiger partial charge in [0.25, 0.3) is 11.8 Å². The van der Waals surface area contributed by atoms with Crippen molar-refractivity contribution in [2.75, 3.05) is 6.61 Å². The summed E-state index contributed by atoms with van der Waals surface area (Å²) < 4.78 is 5.15. The Morgan fingerprint density at radius 3 is 2.25 bits per heavy atom. The highest BCUT2D eigenvalue weighted by molar-refractivity contribution is 6.01. The van der Waals surface area contributed by atoms with Crippen LogP contribution >= 0.6 is 0 Å². The molecule has 1 fully saturated rings. The molecule has 0 bridgehead atoms. The second-order valence-corrected chi connectivity index (χ2v) is 3.90. The van der Waals surface area contributed by atoms with Gasteiger partial charge in [0.15, 0.2) is 5.60 Å². The van der Waals surface area contributed by atoms with Gasteiger partial charge >= 0.3 is 5.97 Å². The van der Waals surface area contributed by atoms with Gasteiger partial charge in [-0.15, -0.1) is 5.06 Å². The van der Waals surface area contributed by atoms with Gasteiger partial charge in [-0.3, -0.25) is 9.59 Å². The topological polar surface area (TPSA) is 72.9 Å². The fraction of sp³-hybridized carbons (Fsp3) is 0.700. The number of hydroxylamine groups is 2. The zero-order chi connectivity index (χ0) is 12.3. The summed E-state index contributed by atoms with van der Waals surface area (Å²) in [4.78, 5) is 38.7. The molecule has 0 unspecified atom stereocenters. The van der Waals surface area contributed by atoms with Crippen LogP contribution in [0.1, 0.15) is 33.6 Å². The first kappa shape index (κ1) is 12.6. The Kier molecular flexibility index (Phi) is 3.64. The monoisotopic (exact) mass is 229 g/mol. The van der Waals surface area contributed by atoms with E-state index in [0.29, 0.717) is 11.7 Å². The van der Waals surface area contributed by atoms with Gasteiger partial charge in [-0.25, -0.2) is 4.79 Å². The highest BCUT2D eigenvalue weighted by atomic mass is 16.7. The number of ether oxygens (including phenoxy) is 1. The summed E-state index contributed by atoms with van der Waals surface area (Å²) in [6, 6.07) is 0. The Bertz CT molecular complexity index is 307. The van der Waals surface area contributed by atoms with Gasteiger partial charge in [-0.1, -0.05) is 0 Å². The van der Waals surface area contributed by atoms with Crippen LogP contribution in [0.2, 0.25) is 0 Å². The Morgan fingerprint density at radius 2 is 1.81 bits per heavy atom. The molecule has 0 atom stereocenters. The molecule has 2 amide bonds. The first-order valence-corrected chi connectivity index (χ1v) is 5.10. The van der Waals surface area contributed by atoms with Crippen molar-refractivity contribution in [2.24, 2.45) is 0 Å². The molecule has 0 radical (unpaired) electrons. The zero-order valence-electron chi connectivity index (χ0n) is 9.61. The highest BCUT2D eigenvalue weighted by Gasteiger charge is 2.38. The van der Waals surface area contributed by atoms with E-state index >= 15 is 0 Å². The van der Waals surface area contributed by atoms with E-state index in [9.17, 15) is 14.4 Å². The second kappa shape index (κ2) is 4.61. The maximum absolute atomic E-state index is 11.6. The molecule has 0 aromatic rings. The third kappa shape index (κ3) is 2.57. The lowest BCUT2D eigenvalue weighted by Crippen LogP contribution is -2.43. The number of carbonyl (C=O) groups excluding carboxylic acids is 3. The van der Waals surface area contributed by atoms with Gasteiger partial charge in [-0.2, -0.15) is 0 Å². The van der Waals surface area contributed by atoms with Crippen molar-refractivity contribution in [2.45, 2.75) is 39.2 Å². The van der Waals surface area contributed by atoms with E-state index in [1.165, 1.54) is 13.8 Å². The third-order valence-electron chi connectivity index (χ3n) is 2.18. The van der Waals surface area contributed by atoms with Crippen molar-refractivity contribution in [3.05, 3.63) is 0 Å². The van der Waals surface area contributed by atoms with Gasteiger partial charge in [0.2, 0.25) is 0 Å². The number of rotatable bonds is 4. The van der Waals surface area contributed by atoms with Crippen molar-refractivity contribution in [3.8, 4) is 0 Å². The van der Waals surface area contributed by atoms with Gasteiger partial charge in [-0.05, 0) is 20.8 Å². The van der Waals surface area contributed by atoms with Crippen LogP contribution in [0.4, 0.5) is 0 Å². The lowest BCUT2D eigenvalue weighted by atomic mass is 10.1. The molecule has 0 N–H and O–H groups in total. The van der Waals surface area contributed by atoms with Crippen molar-refractivity contribution in [1.29, 1.82) is 0 Å². The molecule has 6 heteroatoms. The normalized spacial score (nSPS) is 16.8. The third-order valence-corrected chi connectivity index (χ3v) is 2.18. The average Bonchev–Trinajstić information content (AvgIpc) is 2.49. The molecule has 0 aromatic carbocycles. The molecule has 90 valence electrons. The smallest absolute Gasteiger partial charge is 0.364 e. The van der Waals surface area contributed by atoms with Crippen molar-refractivity contribution in [3.63, 3.8) is 0 Å². The van der Waals surface area contributed by atoms with Crippen LogP contribution in [0, 0.1) is 0 Å². The molecule has 1 aliphatic heterocycles. The molecule has 0 spiro atoms. The molecule has 0 aromatic heterocycles. The Labute approximate surface area is 93.4 Å². The highest BCUT2D eigenvalue weighted by Crippen LogP contribution is 2.17. The minimum Gasteiger partial charge on any atom is -0.364 e. The standard InChI is InChI=1S/C10H15NO5/c1-4-15-10(2,3)9(14)16-11-7(12)5-6-8(11)13/h4-6H2,1-3H3. The molecular weight excluding hydrogens is 214 g/mol. The Balaban J connectivity index is 2.63. The number of carbonyl (C=O) groups is 3. The Hall–Kier alpha value is -1.43. The Morgan fingerprint density at radius 1 is 1.31 bits per heavy atom. The van der Waals surface area contributed by atoms with Crippen LogP contribution in [0.3, 0.4) is 0 Å². The number of hydrogen-bond acceptors (Lipinski definition) is 5. The number of hydrogen-bond donors (Lipinski definition) is 0. The number of nitrogens with zero attached hydrogens (tertiary/aromatic N) is 1. The second-order valence-electron chi connectivity index (χ2n) is 3.90. The van der Waals surface area contributed by atoms with E-state index in [-0.39, 0.29) is 12.8 Å². The maximum atomic E-state index is 11.6. The quantitative estimate of drug-likeness (QED) is 0.653. The lowest BCUT2D eigenvalue weighted by molar-refractivity contribution is -0.211. The number of imide groups is 1. The van der Waals surface area contributed by atoms with E-state index in [4.69, 9.17) is 9.57 Å². The van der Waals surface area contributed by atoms with Crippen LogP contribution in [0.5, 0.6) is 0 Å². The van der Waals surface area contributed by atoms with Gasteiger partial charge in [0, 0.05) is 19.4 Å². The predicted octanol–water partition coefficient (Wildman–Crippen LogP) is 0.409. The SMILES string of the molecule is CCOC(C)(C)C(=O)ON1C(=O)CCC1=O. The first-order valence-electron chi connectivity index (χ1n) is 5.10. The van der Waals surface area contributed by atoms with Gasteiger partial charge in [0.05, 0.1) is 0 Å². The van der Waals surface area contributed by atoms with E-state index in [1.54, 1.807) is 6.92 Å². The molecule has 16 heavy (non-hydrogen) atoms. The fourth-order valence-corrected chi connectivity index (χ4v) is 1.27. The summed E-state index contributed by atoms with van der Waals surface area (Å²) in [5, 5.41) is 0.517. The van der Waals surface area contributed by atoms with E-state index in [0.717, 1.165) is 0 Å². The van der Waals surface area contributed by atoms with Crippen LogP contribution < -0.4 is 0 Å².